The van der Waals surface area contributed by atoms with Crippen molar-refractivity contribution in [3.8, 4) is 0 Å². The second kappa shape index (κ2) is 4.28. The summed E-state index contributed by atoms with van der Waals surface area (Å²) in [4.78, 5) is 23.3. The van der Waals surface area contributed by atoms with Crippen molar-refractivity contribution in [3.63, 3.8) is 0 Å². The number of carboxylic acids is 1. The Morgan fingerprint density at radius 2 is 2.21 bits per heavy atom. The molecule has 0 spiro atoms. The van der Waals surface area contributed by atoms with Crippen LogP contribution in [0.5, 0.6) is 0 Å². The molecule has 0 radical (unpaired) electrons. The molecule has 2 unspecified atom stereocenters. The van der Waals surface area contributed by atoms with Gasteiger partial charge in [0.15, 0.2) is 0 Å². The summed E-state index contributed by atoms with van der Waals surface area (Å²) in [5.74, 6) is -1.02. The van der Waals surface area contributed by atoms with Crippen molar-refractivity contribution in [3.05, 3.63) is 0 Å². The second-order valence-corrected chi connectivity index (χ2v) is 3.29. The summed E-state index contributed by atoms with van der Waals surface area (Å²) in [6.07, 6.45) is -0.592. The first-order valence-electron chi connectivity index (χ1n) is 4.37. The summed E-state index contributed by atoms with van der Waals surface area (Å²) in [6, 6.07) is -0.747. The Kier molecular flexibility index (Phi) is 3.29. The van der Waals surface area contributed by atoms with Gasteiger partial charge >= 0.3 is 12.1 Å². The average molecular weight is 202 g/mol. The third-order valence-electron chi connectivity index (χ3n) is 2.20. The minimum atomic E-state index is -1.02. The topological polar surface area (TPSA) is 78.9 Å². The van der Waals surface area contributed by atoms with Crippen molar-refractivity contribution >= 4 is 12.1 Å². The van der Waals surface area contributed by atoms with Crippen molar-refractivity contribution < 1.29 is 19.4 Å². The standard InChI is InChI=1S/C8H14N2O4/c1-5-4-10(8(13)14-2)6(3-9-5)7(11)12/h5-6,9H,3-4H2,1-2H3,(H,11,12). The maximum atomic E-state index is 11.2. The van der Waals surface area contributed by atoms with E-state index in [1.807, 2.05) is 6.92 Å². The Hall–Kier alpha value is -1.30. The number of carbonyl (C=O) groups excluding carboxylic acids is 1. The van der Waals surface area contributed by atoms with E-state index in [9.17, 15) is 9.59 Å². The fourth-order valence-corrected chi connectivity index (χ4v) is 1.45. The number of carbonyl (C=O) groups is 2. The fourth-order valence-electron chi connectivity index (χ4n) is 1.45. The summed E-state index contributed by atoms with van der Waals surface area (Å²) in [5, 5.41) is 11.8. The van der Waals surface area contributed by atoms with Gasteiger partial charge in [0.25, 0.3) is 0 Å². The Morgan fingerprint density at radius 1 is 1.57 bits per heavy atom. The number of hydrogen-bond acceptors (Lipinski definition) is 4. The number of rotatable bonds is 1. The van der Waals surface area contributed by atoms with Crippen LogP contribution < -0.4 is 5.32 Å². The maximum absolute atomic E-state index is 11.2. The Morgan fingerprint density at radius 3 is 2.71 bits per heavy atom. The third kappa shape index (κ3) is 2.14. The number of nitrogens with one attached hydrogen (secondary N) is 1. The fraction of sp³-hybridized carbons (Fsp3) is 0.750. The van der Waals surface area contributed by atoms with Gasteiger partial charge in [0.05, 0.1) is 7.11 Å². The van der Waals surface area contributed by atoms with Crippen LogP contribution in [0.1, 0.15) is 6.92 Å². The normalized spacial score (nSPS) is 27.1. The number of methoxy groups -OCH3 is 1. The molecule has 1 rings (SSSR count). The van der Waals surface area contributed by atoms with E-state index in [4.69, 9.17) is 5.11 Å². The number of aliphatic carboxylic acids is 1. The van der Waals surface area contributed by atoms with Gasteiger partial charge in [-0.25, -0.2) is 9.59 Å². The van der Waals surface area contributed by atoms with Crippen LogP contribution in [0.15, 0.2) is 0 Å². The van der Waals surface area contributed by atoms with E-state index < -0.39 is 18.1 Å². The molecule has 1 aliphatic heterocycles. The van der Waals surface area contributed by atoms with Gasteiger partial charge < -0.3 is 15.2 Å². The van der Waals surface area contributed by atoms with E-state index in [-0.39, 0.29) is 12.6 Å². The summed E-state index contributed by atoms with van der Waals surface area (Å²) >= 11 is 0. The quantitative estimate of drug-likeness (QED) is 0.599. The molecule has 80 valence electrons. The molecule has 2 N–H and O–H groups in total. The predicted molar refractivity (Wildman–Crippen MR) is 48.0 cm³/mol. The first-order chi connectivity index (χ1) is 6.56. The molecule has 0 aliphatic carbocycles. The first kappa shape index (κ1) is 10.8. The van der Waals surface area contributed by atoms with Crippen LogP contribution in [0.2, 0.25) is 0 Å². The molecule has 1 amide bonds. The molecule has 0 aromatic rings. The molecule has 1 saturated heterocycles. The largest absolute Gasteiger partial charge is 0.480 e. The number of amides is 1. The van der Waals surface area contributed by atoms with Crippen LogP contribution in [0.4, 0.5) is 4.79 Å². The molecule has 1 fully saturated rings. The number of ether oxygens (including phenoxy) is 1. The lowest BCUT2D eigenvalue weighted by molar-refractivity contribution is -0.143. The zero-order valence-corrected chi connectivity index (χ0v) is 8.19. The molecule has 6 nitrogen and oxygen atoms in total. The molecule has 0 bridgehead atoms. The smallest absolute Gasteiger partial charge is 0.410 e. The Bertz CT molecular complexity index is 243. The zero-order chi connectivity index (χ0) is 10.7. The lowest BCUT2D eigenvalue weighted by Crippen LogP contribution is -2.60. The lowest BCUT2D eigenvalue weighted by atomic mass is 10.1. The maximum Gasteiger partial charge on any atom is 0.410 e. The highest BCUT2D eigenvalue weighted by Crippen LogP contribution is 2.08. The number of hydrogen-bond donors (Lipinski definition) is 2. The molecular weight excluding hydrogens is 188 g/mol. The third-order valence-corrected chi connectivity index (χ3v) is 2.20. The van der Waals surface area contributed by atoms with E-state index in [1.54, 1.807) is 0 Å². The number of piperazine rings is 1. The van der Waals surface area contributed by atoms with Gasteiger partial charge in [-0.1, -0.05) is 0 Å². The first-order valence-corrected chi connectivity index (χ1v) is 4.37. The highest BCUT2D eigenvalue weighted by molar-refractivity contribution is 5.80. The van der Waals surface area contributed by atoms with E-state index in [0.29, 0.717) is 6.54 Å². The summed E-state index contributed by atoms with van der Waals surface area (Å²) in [5.41, 5.74) is 0. The van der Waals surface area contributed by atoms with E-state index in [1.165, 1.54) is 12.0 Å². The van der Waals surface area contributed by atoms with Gasteiger partial charge in [-0.3, -0.25) is 4.90 Å². The van der Waals surface area contributed by atoms with Crippen molar-refractivity contribution in [2.24, 2.45) is 0 Å². The number of nitrogens with zero attached hydrogens (tertiary/aromatic N) is 1. The van der Waals surface area contributed by atoms with Crippen molar-refractivity contribution in [1.29, 1.82) is 0 Å². The Labute approximate surface area is 81.8 Å². The van der Waals surface area contributed by atoms with Gasteiger partial charge in [0.1, 0.15) is 6.04 Å². The van der Waals surface area contributed by atoms with Crippen molar-refractivity contribution in [2.45, 2.75) is 19.0 Å². The van der Waals surface area contributed by atoms with Crippen molar-refractivity contribution in [1.82, 2.24) is 10.2 Å². The van der Waals surface area contributed by atoms with Gasteiger partial charge in [0, 0.05) is 19.1 Å². The minimum absolute atomic E-state index is 0.0877. The summed E-state index contributed by atoms with van der Waals surface area (Å²) in [7, 11) is 1.24. The average Bonchev–Trinajstić information content (AvgIpc) is 2.16. The van der Waals surface area contributed by atoms with Crippen LogP contribution in [-0.2, 0) is 9.53 Å². The summed E-state index contributed by atoms with van der Waals surface area (Å²) in [6.45, 7) is 2.49. The summed E-state index contributed by atoms with van der Waals surface area (Å²) < 4.78 is 4.51. The van der Waals surface area contributed by atoms with Crippen LogP contribution in [0.3, 0.4) is 0 Å². The SMILES string of the molecule is COC(=O)N1CC(C)NCC1C(=O)O. The molecule has 1 heterocycles. The Balaban J connectivity index is 2.73. The molecule has 0 aromatic heterocycles. The molecular formula is C8H14N2O4. The predicted octanol–water partition coefficient (Wildman–Crippen LogP) is -0.500. The molecule has 6 heteroatoms. The minimum Gasteiger partial charge on any atom is -0.480 e. The number of carboxylic acid groups (broad SMARTS) is 1. The second-order valence-electron chi connectivity index (χ2n) is 3.29. The zero-order valence-electron chi connectivity index (χ0n) is 8.19. The van der Waals surface area contributed by atoms with Gasteiger partial charge in [-0.05, 0) is 6.92 Å². The molecule has 2 atom stereocenters. The van der Waals surface area contributed by atoms with Crippen LogP contribution in [-0.4, -0.2) is 54.4 Å². The monoisotopic (exact) mass is 202 g/mol. The molecule has 14 heavy (non-hydrogen) atoms. The van der Waals surface area contributed by atoms with E-state index in [2.05, 4.69) is 10.1 Å². The van der Waals surface area contributed by atoms with Crippen molar-refractivity contribution in [2.75, 3.05) is 20.2 Å². The molecule has 0 aromatic carbocycles. The van der Waals surface area contributed by atoms with Crippen LogP contribution in [0.25, 0.3) is 0 Å². The molecule has 1 aliphatic rings. The molecule has 0 saturated carbocycles. The lowest BCUT2D eigenvalue weighted by Gasteiger charge is -2.35. The van der Waals surface area contributed by atoms with Gasteiger partial charge in [0.2, 0.25) is 0 Å². The van der Waals surface area contributed by atoms with Crippen LogP contribution >= 0.6 is 0 Å². The van der Waals surface area contributed by atoms with Crippen LogP contribution in [0, 0.1) is 0 Å². The van der Waals surface area contributed by atoms with Gasteiger partial charge in [-0.2, -0.15) is 0 Å². The van der Waals surface area contributed by atoms with Gasteiger partial charge in [-0.15, -0.1) is 0 Å². The highest BCUT2D eigenvalue weighted by Gasteiger charge is 2.34. The van der Waals surface area contributed by atoms with E-state index >= 15 is 0 Å². The van der Waals surface area contributed by atoms with E-state index in [0.717, 1.165) is 0 Å². The highest BCUT2D eigenvalue weighted by atomic mass is 16.5.